The van der Waals surface area contributed by atoms with Crippen molar-refractivity contribution in [3.05, 3.63) is 0 Å². The van der Waals surface area contributed by atoms with E-state index in [1.807, 2.05) is 0 Å². The quantitative estimate of drug-likeness (QED) is 0.651. The van der Waals surface area contributed by atoms with E-state index in [9.17, 15) is 0 Å². The summed E-state index contributed by atoms with van der Waals surface area (Å²) >= 11 is 0. The van der Waals surface area contributed by atoms with Gasteiger partial charge in [-0.05, 0) is 51.0 Å². The van der Waals surface area contributed by atoms with Crippen LogP contribution >= 0.6 is 0 Å². The summed E-state index contributed by atoms with van der Waals surface area (Å²) in [6, 6.07) is 0.720. The summed E-state index contributed by atoms with van der Waals surface area (Å²) in [4.78, 5) is 2.66. The average molecular weight is 197 g/mol. The van der Waals surface area contributed by atoms with Crippen LogP contribution in [0.2, 0.25) is 0 Å². The summed E-state index contributed by atoms with van der Waals surface area (Å²) < 4.78 is 0. The van der Waals surface area contributed by atoms with E-state index in [4.69, 9.17) is 0 Å². The van der Waals surface area contributed by atoms with E-state index in [0.29, 0.717) is 5.41 Å². The Morgan fingerprint density at radius 1 is 1.21 bits per heavy atom. The number of hydrogen-bond acceptors (Lipinski definition) is 1. The summed E-state index contributed by atoms with van der Waals surface area (Å²) in [6.07, 6.45) is 4.26. The molecule has 1 rings (SSSR count). The van der Waals surface area contributed by atoms with Gasteiger partial charge in [-0.1, -0.05) is 20.8 Å². The Balaban J connectivity index is 2.27. The fourth-order valence-electron chi connectivity index (χ4n) is 1.67. The summed E-state index contributed by atoms with van der Waals surface area (Å²) in [6.45, 7) is 14.3. The van der Waals surface area contributed by atoms with Gasteiger partial charge in [-0.15, -0.1) is 0 Å². The highest BCUT2D eigenvalue weighted by Gasteiger charge is 2.25. The summed E-state index contributed by atoms with van der Waals surface area (Å²) in [5.41, 5.74) is 0.483. The van der Waals surface area contributed by atoms with Crippen LogP contribution in [0.25, 0.3) is 0 Å². The second-order valence-electron chi connectivity index (χ2n) is 6.34. The summed E-state index contributed by atoms with van der Waals surface area (Å²) in [5, 5.41) is 0. The maximum Gasteiger partial charge on any atom is 0.00387 e. The van der Waals surface area contributed by atoms with Gasteiger partial charge in [-0.2, -0.15) is 0 Å². The molecular formula is C13H27N. The van der Waals surface area contributed by atoms with Crippen molar-refractivity contribution in [3.63, 3.8) is 0 Å². The van der Waals surface area contributed by atoms with Crippen LogP contribution in [-0.2, 0) is 0 Å². The van der Waals surface area contributed by atoms with Gasteiger partial charge >= 0.3 is 0 Å². The number of hydrogen-bond donors (Lipinski definition) is 0. The first-order valence-electron chi connectivity index (χ1n) is 6.12. The van der Waals surface area contributed by atoms with Crippen molar-refractivity contribution in [3.8, 4) is 0 Å². The third kappa shape index (κ3) is 4.99. The molecule has 0 atom stereocenters. The number of nitrogens with zero attached hydrogens (tertiary/aromatic N) is 1. The normalized spacial score (nSPS) is 18.2. The average Bonchev–Trinajstić information content (AvgIpc) is 2.78. The molecule has 0 N–H and O–H groups in total. The van der Waals surface area contributed by atoms with E-state index in [2.05, 4.69) is 39.5 Å². The predicted octanol–water partition coefficient (Wildman–Crippen LogP) is 3.54. The van der Waals surface area contributed by atoms with E-state index in [1.54, 1.807) is 0 Å². The van der Waals surface area contributed by atoms with E-state index in [1.165, 1.54) is 32.4 Å². The Hall–Kier alpha value is -0.0400. The van der Waals surface area contributed by atoms with E-state index in [0.717, 1.165) is 12.0 Å². The lowest BCUT2D eigenvalue weighted by molar-refractivity contribution is 0.182. The molecule has 0 aromatic heterocycles. The van der Waals surface area contributed by atoms with Gasteiger partial charge < -0.3 is 4.90 Å². The van der Waals surface area contributed by atoms with Gasteiger partial charge in [0.2, 0.25) is 0 Å². The molecule has 1 fully saturated rings. The van der Waals surface area contributed by atoms with Crippen molar-refractivity contribution in [2.75, 3.05) is 13.1 Å². The zero-order valence-electron chi connectivity index (χ0n) is 10.6. The molecule has 0 aromatic carbocycles. The van der Waals surface area contributed by atoms with Gasteiger partial charge in [-0.3, -0.25) is 0 Å². The van der Waals surface area contributed by atoms with Gasteiger partial charge in [0.05, 0.1) is 0 Å². The lowest BCUT2D eigenvalue weighted by atomic mass is 9.92. The van der Waals surface area contributed by atoms with Crippen molar-refractivity contribution in [1.29, 1.82) is 0 Å². The standard InChI is InChI=1S/C13H27N/c1-11(2)14(10-12-6-7-12)9-8-13(3,4)5/h11-12H,6-10H2,1-5H3. The molecule has 0 aromatic rings. The second-order valence-corrected chi connectivity index (χ2v) is 6.34. The largest absolute Gasteiger partial charge is 0.301 e. The fraction of sp³-hybridized carbons (Fsp3) is 1.00. The van der Waals surface area contributed by atoms with E-state index >= 15 is 0 Å². The molecule has 1 aliphatic rings. The summed E-state index contributed by atoms with van der Waals surface area (Å²) in [7, 11) is 0. The van der Waals surface area contributed by atoms with Gasteiger partial charge in [0, 0.05) is 12.6 Å². The Kier molecular flexibility index (Phi) is 4.00. The molecule has 0 unspecified atom stereocenters. The molecule has 0 saturated heterocycles. The maximum atomic E-state index is 2.66. The van der Waals surface area contributed by atoms with Crippen LogP contribution in [0.1, 0.15) is 53.9 Å². The minimum Gasteiger partial charge on any atom is -0.301 e. The van der Waals surface area contributed by atoms with Crippen molar-refractivity contribution in [2.45, 2.75) is 59.9 Å². The van der Waals surface area contributed by atoms with Gasteiger partial charge in [0.25, 0.3) is 0 Å². The predicted molar refractivity (Wildman–Crippen MR) is 63.5 cm³/mol. The van der Waals surface area contributed by atoms with Crippen LogP contribution in [0, 0.1) is 11.3 Å². The zero-order valence-corrected chi connectivity index (χ0v) is 10.6. The topological polar surface area (TPSA) is 3.24 Å². The lowest BCUT2D eigenvalue weighted by Gasteiger charge is -2.29. The SMILES string of the molecule is CC(C)N(CCC(C)(C)C)CC1CC1. The molecule has 84 valence electrons. The van der Waals surface area contributed by atoms with Crippen LogP contribution in [0.4, 0.5) is 0 Å². The number of rotatable bonds is 5. The molecule has 0 aliphatic heterocycles. The first-order valence-corrected chi connectivity index (χ1v) is 6.12. The Morgan fingerprint density at radius 3 is 2.14 bits per heavy atom. The molecule has 1 saturated carbocycles. The van der Waals surface area contributed by atoms with E-state index < -0.39 is 0 Å². The van der Waals surface area contributed by atoms with Crippen LogP contribution in [-0.4, -0.2) is 24.0 Å². The fourth-order valence-corrected chi connectivity index (χ4v) is 1.67. The highest BCUT2D eigenvalue weighted by molar-refractivity contribution is 4.79. The van der Waals surface area contributed by atoms with Crippen molar-refractivity contribution in [1.82, 2.24) is 4.90 Å². The maximum absolute atomic E-state index is 2.66. The molecule has 14 heavy (non-hydrogen) atoms. The van der Waals surface area contributed by atoms with Crippen LogP contribution < -0.4 is 0 Å². The van der Waals surface area contributed by atoms with Crippen molar-refractivity contribution in [2.24, 2.45) is 11.3 Å². The van der Waals surface area contributed by atoms with E-state index in [-0.39, 0.29) is 0 Å². The molecule has 0 radical (unpaired) electrons. The van der Waals surface area contributed by atoms with Crippen LogP contribution in [0.15, 0.2) is 0 Å². The molecular weight excluding hydrogens is 170 g/mol. The first-order chi connectivity index (χ1) is 6.38. The van der Waals surface area contributed by atoms with Crippen LogP contribution in [0.5, 0.6) is 0 Å². The minimum atomic E-state index is 0.483. The summed E-state index contributed by atoms with van der Waals surface area (Å²) in [5.74, 6) is 1.03. The van der Waals surface area contributed by atoms with Gasteiger partial charge in [0.1, 0.15) is 0 Å². The molecule has 1 heteroatoms. The molecule has 0 heterocycles. The highest BCUT2D eigenvalue weighted by Crippen LogP contribution is 2.31. The van der Waals surface area contributed by atoms with Crippen molar-refractivity contribution < 1.29 is 0 Å². The third-order valence-corrected chi connectivity index (χ3v) is 3.07. The highest BCUT2D eigenvalue weighted by atomic mass is 15.1. The third-order valence-electron chi connectivity index (χ3n) is 3.07. The molecule has 0 bridgehead atoms. The Morgan fingerprint density at radius 2 is 1.79 bits per heavy atom. The second kappa shape index (κ2) is 4.65. The monoisotopic (exact) mass is 197 g/mol. The molecule has 0 amide bonds. The lowest BCUT2D eigenvalue weighted by Crippen LogP contribution is -2.35. The zero-order chi connectivity index (χ0) is 10.8. The smallest absolute Gasteiger partial charge is 0.00387 e. The van der Waals surface area contributed by atoms with Gasteiger partial charge in [-0.25, -0.2) is 0 Å². The molecule has 1 aliphatic carbocycles. The minimum absolute atomic E-state index is 0.483. The first kappa shape index (κ1) is 12.0. The Bertz CT molecular complexity index is 163. The van der Waals surface area contributed by atoms with Crippen LogP contribution in [0.3, 0.4) is 0 Å². The Labute approximate surface area is 89.9 Å². The van der Waals surface area contributed by atoms with Crippen molar-refractivity contribution >= 4 is 0 Å². The van der Waals surface area contributed by atoms with Gasteiger partial charge in [0.15, 0.2) is 0 Å². The molecule has 1 nitrogen and oxygen atoms in total. The molecule has 0 spiro atoms.